The summed E-state index contributed by atoms with van der Waals surface area (Å²) >= 11 is 0.967. The molecule has 2 aromatic rings. The standard InChI is InChI=1S/C19H23F3N4OS.HI/c1-23-18(25-11-17-26-16(12-28-17)19(20,21)22)24-10-13-6-2-5-9-15(13)27-14-7-3-4-8-14;/h2,5-6,9,12,14H,3-4,7-8,10-11H2,1H3,(H2,23,24,25);1H. The molecule has 0 unspecified atom stereocenters. The van der Waals surface area contributed by atoms with Crippen molar-refractivity contribution in [1.82, 2.24) is 15.6 Å². The second-order valence-corrected chi connectivity index (χ2v) is 7.48. The monoisotopic (exact) mass is 540 g/mol. The fourth-order valence-electron chi connectivity index (χ4n) is 3.03. The Morgan fingerprint density at radius 3 is 2.55 bits per heavy atom. The van der Waals surface area contributed by atoms with E-state index >= 15 is 0 Å². The predicted molar refractivity (Wildman–Crippen MR) is 119 cm³/mol. The average Bonchev–Trinajstić information content (AvgIpc) is 3.34. The number of para-hydroxylation sites is 1. The highest BCUT2D eigenvalue weighted by atomic mass is 127. The molecule has 5 nitrogen and oxygen atoms in total. The molecule has 0 radical (unpaired) electrons. The molecule has 0 saturated heterocycles. The number of thiazole rings is 1. The van der Waals surface area contributed by atoms with E-state index in [-0.39, 0.29) is 36.6 Å². The van der Waals surface area contributed by atoms with Crippen LogP contribution >= 0.6 is 35.3 Å². The van der Waals surface area contributed by atoms with Gasteiger partial charge in [0.25, 0.3) is 0 Å². The Labute approximate surface area is 189 Å². The van der Waals surface area contributed by atoms with Crippen LogP contribution < -0.4 is 15.4 Å². The Morgan fingerprint density at radius 1 is 1.21 bits per heavy atom. The number of guanidine groups is 1. The van der Waals surface area contributed by atoms with Crippen LogP contribution in [0.4, 0.5) is 13.2 Å². The first-order valence-corrected chi connectivity index (χ1v) is 10.0. The van der Waals surface area contributed by atoms with E-state index in [1.165, 1.54) is 12.8 Å². The Balaban J connectivity index is 0.00000300. The normalized spacial score (nSPS) is 15.1. The van der Waals surface area contributed by atoms with Crippen molar-refractivity contribution >= 4 is 41.3 Å². The third kappa shape index (κ3) is 7.02. The minimum atomic E-state index is -4.42. The zero-order valence-corrected chi connectivity index (χ0v) is 19.1. The predicted octanol–water partition coefficient (Wildman–Crippen LogP) is 4.97. The van der Waals surface area contributed by atoms with E-state index in [9.17, 15) is 13.2 Å². The highest BCUT2D eigenvalue weighted by Crippen LogP contribution is 2.30. The number of rotatable bonds is 6. The second kappa shape index (κ2) is 11.0. The number of alkyl halides is 3. The van der Waals surface area contributed by atoms with Gasteiger partial charge < -0.3 is 15.4 Å². The van der Waals surface area contributed by atoms with E-state index in [2.05, 4.69) is 20.6 Å². The minimum Gasteiger partial charge on any atom is -0.490 e. The average molecular weight is 540 g/mol. The lowest BCUT2D eigenvalue weighted by Crippen LogP contribution is -2.36. The lowest BCUT2D eigenvalue weighted by Gasteiger charge is -2.17. The molecule has 1 aliphatic rings. The molecular formula is C19H24F3IN4OS. The van der Waals surface area contributed by atoms with Crippen LogP contribution in [-0.4, -0.2) is 24.1 Å². The molecule has 3 rings (SSSR count). The molecule has 29 heavy (non-hydrogen) atoms. The fraction of sp³-hybridized carbons (Fsp3) is 0.474. The van der Waals surface area contributed by atoms with Crippen molar-refractivity contribution < 1.29 is 17.9 Å². The van der Waals surface area contributed by atoms with Gasteiger partial charge in [0.1, 0.15) is 10.8 Å². The van der Waals surface area contributed by atoms with Crippen molar-refractivity contribution in [2.75, 3.05) is 7.05 Å². The summed E-state index contributed by atoms with van der Waals surface area (Å²) in [5.41, 5.74) is 0.140. The van der Waals surface area contributed by atoms with Crippen LogP contribution in [0.3, 0.4) is 0 Å². The van der Waals surface area contributed by atoms with Crippen LogP contribution in [-0.2, 0) is 19.3 Å². The van der Waals surface area contributed by atoms with Gasteiger partial charge in [-0.3, -0.25) is 4.99 Å². The van der Waals surface area contributed by atoms with Gasteiger partial charge in [-0.2, -0.15) is 13.2 Å². The summed E-state index contributed by atoms with van der Waals surface area (Å²) in [7, 11) is 1.61. The van der Waals surface area contributed by atoms with E-state index in [4.69, 9.17) is 4.74 Å². The van der Waals surface area contributed by atoms with Crippen LogP contribution in [0.15, 0.2) is 34.6 Å². The number of nitrogens with zero attached hydrogens (tertiary/aromatic N) is 2. The molecule has 10 heteroatoms. The molecule has 0 amide bonds. The molecular weight excluding hydrogens is 516 g/mol. The van der Waals surface area contributed by atoms with E-state index in [1.807, 2.05) is 24.3 Å². The third-order valence-corrected chi connectivity index (χ3v) is 5.34. The number of aliphatic imine (C=N–C) groups is 1. The van der Waals surface area contributed by atoms with Gasteiger partial charge in [0.05, 0.1) is 12.6 Å². The molecule has 1 heterocycles. The summed E-state index contributed by atoms with van der Waals surface area (Å²) < 4.78 is 44.0. The molecule has 1 aliphatic carbocycles. The van der Waals surface area contributed by atoms with Gasteiger partial charge in [0.15, 0.2) is 11.7 Å². The number of hydrogen-bond donors (Lipinski definition) is 2. The van der Waals surface area contributed by atoms with Crippen molar-refractivity contribution in [3.8, 4) is 5.75 Å². The second-order valence-electron chi connectivity index (χ2n) is 6.54. The topological polar surface area (TPSA) is 58.5 Å². The van der Waals surface area contributed by atoms with Crippen LogP contribution in [0, 0.1) is 0 Å². The first-order chi connectivity index (χ1) is 13.5. The molecule has 1 saturated carbocycles. The maximum absolute atomic E-state index is 12.6. The molecule has 0 atom stereocenters. The van der Waals surface area contributed by atoms with Crippen LogP contribution in [0.1, 0.15) is 41.9 Å². The van der Waals surface area contributed by atoms with Gasteiger partial charge in [-0.25, -0.2) is 4.98 Å². The zero-order valence-electron chi connectivity index (χ0n) is 16.0. The largest absolute Gasteiger partial charge is 0.490 e. The number of aromatic nitrogens is 1. The van der Waals surface area contributed by atoms with E-state index < -0.39 is 11.9 Å². The number of nitrogens with one attached hydrogen (secondary N) is 2. The van der Waals surface area contributed by atoms with Crippen molar-refractivity contribution in [3.63, 3.8) is 0 Å². The molecule has 160 valence electrons. The van der Waals surface area contributed by atoms with Crippen molar-refractivity contribution in [2.45, 2.75) is 51.1 Å². The SMILES string of the molecule is CN=C(NCc1nc(C(F)(F)F)cs1)NCc1ccccc1OC1CCCC1.I. The van der Waals surface area contributed by atoms with Crippen LogP contribution in [0.2, 0.25) is 0 Å². The van der Waals surface area contributed by atoms with Crippen molar-refractivity contribution in [2.24, 2.45) is 4.99 Å². The molecule has 2 N–H and O–H groups in total. The zero-order chi connectivity index (χ0) is 20.0. The first-order valence-electron chi connectivity index (χ1n) is 9.16. The van der Waals surface area contributed by atoms with Crippen molar-refractivity contribution in [1.29, 1.82) is 0 Å². The molecule has 0 spiro atoms. The Morgan fingerprint density at radius 2 is 1.90 bits per heavy atom. The number of ether oxygens (including phenoxy) is 1. The maximum Gasteiger partial charge on any atom is 0.434 e. The van der Waals surface area contributed by atoms with Crippen LogP contribution in [0.5, 0.6) is 5.75 Å². The molecule has 1 fully saturated rings. The molecule has 0 aliphatic heterocycles. The van der Waals surface area contributed by atoms with Gasteiger partial charge >= 0.3 is 6.18 Å². The van der Waals surface area contributed by atoms with Crippen LogP contribution in [0.25, 0.3) is 0 Å². The molecule has 0 bridgehead atoms. The van der Waals surface area contributed by atoms with Gasteiger partial charge in [0, 0.05) is 24.5 Å². The van der Waals surface area contributed by atoms with Gasteiger partial charge in [-0.15, -0.1) is 35.3 Å². The minimum absolute atomic E-state index is 0. The molecule has 1 aromatic heterocycles. The number of halogens is 4. The van der Waals surface area contributed by atoms with Gasteiger partial charge in [0.2, 0.25) is 0 Å². The summed E-state index contributed by atoms with van der Waals surface area (Å²) in [4.78, 5) is 7.72. The third-order valence-electron chi connectivity index (χ3n) is 4.49. The van der Waals surface area contributed by atoms with E-state index in [1.54, 1.807) is 7.05 Å². The Hall–Kier alpha value is -1.56. The summed E-state index contributed by atoms with van der Waals surface area (Å²) in [6.07, 6.45) is 0.421. The smallest absolute Gasteiger partial charge is 0.434 e. The quantitative estimate of drug-likeness (QED) is 0.309. The Kier molecular flexibility index (Phi) is 9.00. The summed E-state index contributed by atoms with van der Waals surface area (Å²) in [5, 5.41) is 7.53. The lowest BCUT2D eigenvalue weighted by atomic mass is 10.2. The first kappa shape index (κ1) is 23.7. The van der Waals surface area contributed by atoms with Crippen molar-refractivity contribution in [3.05, 3.63) is 45.9 Å². The summed E-state index contributed by atoms with van der Waals surface area (Å²) in [5.74, 6) is 1.34. The maximum atomic E-state index is 12.6. The number of hydrogen-bond acceptors (Lipinski definition) is 4. The van der Waals surface area contributed by atoms with Gasteiger partial charge in [-0.1, -0.05) is 18.2 Å². The lowest BCUT2D eigenvalue weighted by molar-refractivity contribution is -0.140. The summed E-state index contributed by atoms with van der Waals surface area (Å²) in [6.45, 7) is 0.662. The Bertz CT molecular complexity index is 807. The number of benzene rings is 1. The van der Waals surface area contributed by atoms with Gasteiger partial charge in [-0.05, 0) is 31.7 Å². The fourth-order valence-corrected chi connectivity index (χ4v) is 3.77. The van der Waals surface area contributed by atoms with E-state index in [0.29, 0.717) is 17.5 Å². The highest BCUT2D eigenvalue weighted by Gasteiger charge is 2.33. The van der Waals surface area contributed by atoms with E-state index in [0.717, 1.165) is 40.9 Å². The molecule has 1 aromatic carbocycles. The summed E-state index contributed by atoms with van der Waals surface area (Å²) in [6, 6.07) is 7.84. The highest BCUT2D eigenvalue weighted by molar-refractivity contribution is 14.0.